The Bertz CT molecular complexity index is 939. The number of likely N-dealkylation sites (N-methyl/N-ethyl adjacent to an activating group) is 1. The van der Waals surface area contributed by atoms with Gasteiger partial charge in [0.2, 0.25) is 0 Å². The van der Waals surface area contributed by atoms with E-state index in [1.54, 1.807) is 48.8 Å². The second kappa shape index (κ2) is 10.2. The number of carbonyl (C=O) groups is 2. The third-order valence-electron chi connectivity index (χ3n) is 5.24. The van der Waals surface area contributed by atoms with Crippen molar-refractivity contribution in [3.8, 4) is 5.75 Å². The number of nitrogens with zero attached hydrogens (tertiary/aromatic N) is 3. The summed E-state index contributed by atoms with van der Waals surface area (Å²) >= 11 is 0. The van der Waals surface area contributed by atoms with Gasteiger partial charge < -0.3 is 19.6 Å². The number of Topliss-reactive ketones (excluding diaryl/α,β-unsaturated/α-hetero) is 1. The predicted molar refractivity (Wildman–Crippen MR) is 119 cm³/mol. The smallest absolute Gasteiger partial charge is 0.295 e. The van der Waals surface area contributed by atoms with Crippen LogP contribution in [0.15, 0.2) is 54.4 Å². The van der Waals surface area contributed by atoms with E-state index in [1.807, 2.05) is 19.0 Å². The normalized spacial score (nSPS) is 18.1. The number of unbranched alkanes of at least 4 members (excludes halogenated alkanes) is 1. The fourth-order valence-electron chi connectivity index (χ4n) is 3.51. The number of aromatic nitrogens is 1. The van der Waals surface area contributed by atoms with Crippen molar-refractivity contribution in [2.24, 2.45) is 0 Å². The molecular weight excluding hydrogens is 394 g/mol. The van der Waals surface area contributed by atoms with Crippen LogP contribution in [0.2, 0.25) is 0 Å². The number of carbonyl (C=O) groups excluding carboxylic acids is 2. The summed E-state index contributed by atoms with van der Waals surface area (Å²) in [4.78, 5) is 33.3. The minimum absolute atomic E-state index is 0.0922. The zero-order valence-electron chi connectivity index (χ0n) is 18.2. The summed E-state index contributed by atoms with van der Waals surface area (Å²) < 4.78 is 5.67. The zero-order chi connectivity index (χ0) is 22.4. The van der Waals surface area contributed by atoms with Gasteiger partial charge in [-0.3, -0.25) is 14.6 Å². The minimum atomic E-state index is -0.679. The highest BCUT2D eigenvalue weighted by molar-refractivity contribution is 6.46. The quantitative estimate of drug-likeness (QED) is 0.289. The number of ketones is 1. The Morgan fingerprint density at radius 2 is 1.81 bits per heavy atom. The van der Waals surface area contributed by atoms with Crippen LogP contribution in [-0.2, 0) is 9.59 Å². The van der Waals surface area contributed by atoms with Crippen molar-refractivity contribution in [1.29, 1.82) is 0 Å². The summed E-state index contributed by atoms with van der Waals surface area (Å²) in [5.74, 6) is -0.777. The molecule has 0 saturated carbocycles. The molecule has 2 aromatic rings. The zero-order valence-corrected chi connectivity index (χ0v) is 18.2. The van der Waals surface area contributed by atoms with Crippen LogP contribution in [-0.4, -0.2) is 65.4 Å². The number of hydrogen-bond donors (Lipinski definition) is 1. The number of hydrogen-bond acceptors (Lipinski definition) is 6. The van der Waals surface area contributed by atoms with Crippen molar-refractivity contribution >= 4 is 17.4 Å². The van der Waals surface area contributed by atoms with Crippen LogP contribution < -0.4 is 4.74 Å². The average Bonchev–Trinajstić information content (AvgIpc) is 3.03. The SMILES string of the molecule is CCCCOc1ccc(C(O)=C2C(=O)C(=O)N(CCN(C)C)[C@@H]2c2ccncc2)cc1. The molecule has 0 radical (unpaired) electrons. The van der Waals surface area contributed by atoms with Gasteiger partial charge in [0.25, 0.3) is 11.7 Å². The number of aliphatic hydroxyl groups excluding tert-OH is 1. The maximum Gasteiger partial charge on any atom is 0.295 e. The molecule has 0 bridgehead atoms. The number of amides is 1. The fourth-order valence-corrected chi connectivity index (χ4v) is 3.51. The molecule has 1 aliphatic rings. The molecule has 3 rings (SSSR count). The lowest BCUT2D eigenvalue weighted by atomic mass is 9.96. The lowest BCUT2D eigenvalue weighted by Crippen LogP contribution is -2.35. The van der Waals surface area contributed by atoms with Crippen LogP contribution in [0, 0.1) is 0 Å². The molecule has 0 aliphatic carbocycles. The third kappa shape index (κ3) is 5.11. The first-order chi connectivity index (χ1) is 14.9. The van der Waals surface area contributed by atoms with E-state index in [0.717, 1.165) is 18.4 Å². The van der Waals surface area contributed by atoms with Gasteiger partial charge in [-0.15, -0.1) is 0 Å². The molecule has 1 aliphatic heterocycles. The number of benzene rings is 1. The van der Waals surface area contributed by atoms with E-state index in [0.29, 0.717) is 31.0 Å². The maximum atomic E-state index is 12.9. The van der Waals surface area contributed by atoms with Gasteiger partial charge in [0.15, 0.2) is 0 Å². The van der Waals surface area contributed by atoms with Gasteiger partial charge >= 0.3 is 0 Å². The summed E-state index contributed by atoms with van der Waals surface area (Å²) in [5, 5.41) is 11.1. The Labute approximate surface area is 183 Å². The molecule has 1 aromatic carbocycles. The van der Waals surface area contributed by atoms with Gasteiger partial charge in [0.1, 0.15) is 11.5 Å². The number of aliphatic hydroxyl groups is 1. The lowest BCUT2D eigenvalue weighted by molar-refractivity contribution is -0.140. The van der Waals surface area contributed by atoms with Crippen molar-refractivity contribution in [1.82, 2.24) is 14.8 Å². The van der Waals surface area contributed by atoms with Crippen LogP contribution in [0.25, 0.3) is 5.76 Å². The molecule has 1 aromatic heterocycles. The first-order valence-corrected chi connectivity index (χ1v) is 10.5. The van der Waals surface area contributed by atoms with Crippen molar-refractivity contribution in [3.05, 3.63) is 65.5 Å². The van der Waals surface area contributed by atoms with Gasteiger partial charge in [0, 0.05) is 31.0 Å². The number of rotatable bonds is 9. The molecule has 1 atom stereocenters. The van der Waals surface area contributed by atoms with E-state index in [4.69, 9.17) is 4.74 Å². The number of ether oxygens (including phenoxy) is 1. The van der Waals surface area contributed by atoms with E-state index >= 15 is 0 Å². The topological polar surface area (TPSA) is 83.0 Å². The summed E-state index contributed by atoms with van der Waals surface area (Å²) in [7, 11) is 3.81. The second-order valence-electron chi connectivity index (χ2n) is 7.80. The summed E-state index contributed by atoms with van der Waals surface area (Å²) in [6, 6.07) is 9.78. The van der Waals surface area contributed by atoms with Crippen molar-refractivity contribution in [2.45, 2.75) is 25.8 Å². The Morgan fingerprint density at radius 3 is 2.42 bits per heavy atom. The first kappa shape index (κ1) is 22.5. The van der Waals surface area contributed by atoms with Gasteiger partial charge in [-0.1, -0.05) is 13.3 Å². The van der Waals surface area contributed by atoms with E-state index in [-0.39, 0.29) is 11.3 Å². The van der Waals surface area contributed by atoms with E-state index < -0.39 is 17.7 Å². The molecule has 1 N–H and O–H groups in total. The summed E-state index contributed by atoms with van der Waals surface area (Å²) in [6.45, 7) is 3.68. The van der Waals surface area contributed by atoms with Crippen LogP contribution in [0.1, 0.15) is 36.9 Å². The van der Waals surface area contributed by atoms with Crippen LogP contribution >= 0.6 is 0 Å². The third-order valence-corrected chi connectivity index (χ3v) is 5.24. The van der Waals surface area contributed by atoms with Crippen molar-refractivity contribution < 1.29 is 19.4 Å². The van der Waals surface area contributed by atoms with Gasteiger partial charge in [-0.25, -0.2) is 0 Å². The van der Waals surface area contributed by atoms with E-state index in [1.165, 1.54) is 4.90 Å². The molecule has 0 spiro atoms. The molecule has 31 heavy (non-hydrogen) atoms. The molecule has 164 valence electrons. The Morgan fingerprint density at radius 1 is 1.13 bits per heavy atom. The average molecular weight is 424 g/mol. The molecule has 1 amide bonds. The highest BCUT2D eigenvalue weighted by Gasteiger charge is 2.45. The Balaban J connectivity index is 1.98. The van der Waals surface area contributed by atoms with Crippen LogP contribution in [0.5, 0.6) is 5.75 Å². The number of pyridine rings is 1. The van der Waals surface area contributed by atoms with Crippen LogP contribution in [0.3, 0.4) is 0 Å². The standard InChI is InChI=1S/C24H29N3O4/c1-4-5-16-31-19-8-6-18(7-9-19)22(28)20-21(17-10-12-25-13-11-17)27(15-14-26(2)3)24(30)23(20)29/h6-13,21,28H,4-5,14-16H2,1-3H3/t21-/m1/s1. The Kier molecular flexibility index (Phi) is 7.41. The molecule has 1 fully saturated rings. The second-order valence-corrected chi connectivity index (χ2v) is 7.80. The van der Waals surface area contributed by atoms with Crippen molar-refractivity contribution in [3.63, 3.8) is 0 Å². The monoisotopic (exact) mass is 423 g/mol. The predicted octanol–water partition coefficient (Wildman–Crippen LogP) is 3.24. The summed E-state index contributed by atoms with van der Waals surface area (Å²) in [5.41, 5.74) is 1.29. The molecule has 7 heteroatoms. The maximum absolute atomic E-state index is 12.9. The van der Waals surface area contributed by atoms with Gasteiger partial charge in [-0.05, 0) is 62.5 Å². The molecule has 1 saturated heterocycles. The van der Waals surface area contributed by atoms with Gasteiger partial charge in [0.05, 0.1) is 18.2 Å². The largest absolute Gasteiger partial charge is 0.507 e. The molecule has 2 heterocycles. The van der Waals surface area contributed by atoms with E-state index in [9.17, 15) is 14.7 Å². The van der Waals surface area contributed by atoms with Crippen molar-refractivity contribution in [2.75, 3.05) is 33.8 Å². The number of likely N-dealkylation sites (tertiary alicyclic amines) is 1. The van der Waals surface area contributed by atoms with Gasteiger partial charge in [-0.2, -0.15) is 0 Å². The van der Waals surface area contributed by atoms with E-state index in [2.05, 4.69) is 11.9 Å². The molecule has 7 nitrogen and oxygen atoms in total. The van der Waals surface area contributed by atoms with Crippen LogP contribution in [0.4, 0.5) is 0 Å². The molecule has 0 unspecified atom stereocenters. The minimum Gasteiger partial charge on any atom is -0.507 e. The highest BCUT2D eigenvalue weighted by Crippen LogP contribution is 2.39. The lowest BCUT2D eigenvalue weighted by Gasteiger charge is -2.26. The fraction of sp³-hybridized carbons (Fsp3) is 0.375. The summed E-state index contributed by atoms with van der Waals surface area (Å²) in [6.07, 6.45) is 5.24. The highest BCUT2D eigenvalue weighted by atomic mass is 16.5. The molecular formula is C24H29N3O4. The Hall–Kier alpha value is -3.19. The first-order valence-electron chi connectivity index (χ1n) is 10.5.